The van der Waals surface area contributed by atoms with Crippen LogP contribution in [0.15, 0.2) is 18.3 Å². The number of likely N-dealkylation sites (N-methyl/N-ethyl adjacent to an activating group) is 1. The number of hydrogen-bond acceptors (Lipinski definition) is 6. The number of hydrogen-bond donors (Lipinski definition) is 4. The molecule has 31 heavy (non-hydrogen) atoms. The fourth-order valence-electron chi connectivity index (χ4n) is 3.89. The van der Waals surface area contributed by atoms with Crippen molar-refractivity contribution < 1.29 is 18.0 Å². The average Bonchev–Trinajstić information content (AvgIpc) is 2.72. The molecule has 1 aliphatic rings. The second-order valence-electron chi connectivity index (χ2n) is 7.58. The zero-order valence-electron chi connectivity index (χ0n) is 17.2. The number of aryl methyl sites for hydroxylation is 1. The lowest BCUT2D eigenvalue weighted by molar-refractivity contribution is -0.121. The molecule has 164 valence electrons. The molecule has 0 saturated carbocycles. The van der Waals surface area contributed by atoms with Crippen LogP contribution in [-0.2, 0) is 17.6 Å². The van der Waals surface area contributed by atoms with Gasteiger partial charge in [0.25, 0.3) is 5.91 Å². The summed E-state index contributed by atoms with van der Waals surface area (Å²) in [5, 5.41) is 16.5. The zero-order chi connectivity index (χ0) is 23.1. The number of benzene rings is 1. The summed E-state index contributed by atoms with van der Waals surface area (Å²) in [4.78, 5) is 18.2. The lowest BCUT2D eigenvalue weighted by atomic mass is 9.83. The highest BCUT2D eigenvalue weighted by molar-refractivity contribution is 6.47. The quantitative estimate of drug-likeness (QED) is 0.436. The van der Waals surface area contributed by atoms with Crippen LogP contribution in [-0.4, -0.2) is 47.5 Å². The number of anilines is 1. The van der Waals surface area contributed by atoms with E-state index in [0.29, 0.717) is 34.9 Å². The Morgan fingerprint density at radius 3 is 2.32 bits per heavy atom. The number of aromatic nitrogens is 1. The minimum absolute atomic E-state index is 0.00760. The summed E-state index contributed by atoms with van der Waals surface area (Å²) >= 11 is 0. The predicted molar refractivity (Wildman–Crippen MR) is 114 cm³/mol. The maximum Gasteiger partial charge on any atom is 0.433 e. The number of allylic oxidation sites excluding steroid dienone is 1. The molecule has 1 amide bonds. The van der Waals surface area contributed by atoms with E-state index in [9.17, 15) is 18.0 Å². The van der Waals surface area contributed by atoms with Crippen molar-refractivity contribution in [2.75, 3.05) is 19.8 Å². The number of rotatable bonds is 4. The number of halogens is 3. The topological polar surface area (TPSA) is 133 Å². The SMILES string of the molecule is CN(C)C(=O)C(=N)c1c(N)ccc2nc(/C(=C/N)C(=N)C(F)(F)F)c3c(c12)CCCC3. The number of carbonyl (C=O) groups is 1. The third-order valence-electron chi connectivity index (χ3n) is 5.35. The minimum Gasteiger partial charge on any atom is -0.404 e. The van der Waals surface area contributed by atoms with E-state index in [0.717, 1.165) is 19.0 Å². The fraction of sp³-hybridized carbons (Fsp3) is 0.333. The van der Waals surface area contributed by atoms with E-state index in [2.05, 4.69) is 4.98 Å². The molecule has 3 rings (SSSR count). The highest BCUT2D eigenvalue weighted by Gasteiger charge is 2.39. The normalized spacial score (nSPS) is 14.3. The van der Waals surface area contributed by atoms with Crippen molar-refractivity contribution in [1.29, 1.82) is 10.8 Å². The van der Waals surface area contributed by atoms with Gasteiger partial charge in [-0.2, -0.15) is 13.2 Å². The van der Waals surface area contributed by atoms with Crippen LogP contribution >= 0.6 is 0 Å². The fourth-order valence-corrected chi connectivity index (χ4v) is 3.89. The lowest BCUT2D eigenvalue weighted by Crippen LogP contribution is -2.31. The number of pyridine rings is 1. The predicted octanol–water partition coefficient (Wildman–Crippen LogP) is 3.03. The molecule has 10 heteroatoms. The molecule has 0 bridgehead atoms. The molecule has 0 spiro atoms. The number of alkyl halides is 3. The molecular weight excluding hydrogens is 409 g/mol. The maximum absolute atomic E-state index is 13.3. The lowest BCUT2D eigenvalue weighted by Gasteiger charge is -2.25. The van der Waals surface area contributed by atoms with E-state index < -0.39 is 23.4 Å². The van der Waals surface area contributed by atoms with Crippen LogP contribution in [0.25, 0.3) is 16.5 Å². The third-order valence-corrected chi connectivity index (χ3v) is 5.35. The van der Waals surface area contributed by atoms with Gasteiger partial charge >= 0.3 is 6.18 Å². The zero-order valence-corrected chi connectivity index (χ0v) is 17.2. The van der Waals surface area contributed by atoms with Crippen LogP contribution < -0.4 is 11.5 Å². The van der Waals surface area contributed by atoms with Crippen molar-refractivity contribution in [2.24, 2.45) is 5.73 Å². The van der Waals surface area contributed by atoms with E-state index in [-0.39, 0.29) is 22.7 Å². The average molecular weight is 432 g/mol. The van der Waals surface area contributed by atoms with E-state index in [1.165, 1.54) is 25.1 Å². The van der Waals surface area contributed by atoms with Gasteiger partial charge in [0.1, 0.15) is 11.4 Å². The summed E-state index contributed by atoms with van der Waals surface area (Å²) in [6.45, 7) is 0. The Kier molecular flexibility index (Phi) is 5.75. The Balaban J connectivity index is 2.37. The second-order valence-corrected chi connectivity index (χ2v) is 7.58. The summed E-state index contributed by atoms with van der Waals surface area (Å²) in [6, 6.07) is 3.02. The van der Waals surface area contributed by atoms with Gasteiger partial charge in [-0.3, -0.25) is 15.6 Å². The number of amides is 1. The second kappa shape index (κ2) is 8.01. The first-order valence-corrected chi connectivity index (χ1v) is 9.61. The molecule has 0 unspecified atom stereocenters. The van der Waals surface area contributed by atoms with E-state index >= 15 is 0 Å². The van der Waals surface area contributed by atoms with Gasteiger partial charge in [0.15, 0.2) is 0 Å². The Morgan fingerprint density at radius 1 is 1.16 bits per heavy atom. The van der Waals surface area contributed by atoms with Crippen molar-refractivity contribution in [2.45, 2.75) is 31.9 Å². The van der Waals surface area contributed by atoms with E-state index in [1.54, 1.807) is 6.07 Å². The van der Waals surface area contributed by atoms with Crippen LogP contribution in [0.4, 0.5) is 18.9 Å². The van der Waals surface area contributed by atoms with Crippen LogP contribution in [0.5, 0.6) is 0 Å². The molecule has 0 fully saturated rings. The Hall–Kier alpha value is -3.43. The van der Waals surface area contributed by atoms with Crippen LogP contribution in [0.1, 0.15) is 35.2 Å². The molecule has 2 aromatic rings. The first kappa shape index (κ1) is 22.3. The first-order valence-electron chi connectivity index (χ1n) is 9.61. The van der Waals surface area contributed by atoms with Gasteiger partial charge in [0.05, 0.1) is 11.2 Å². The monoisotopic (exact) mass is 432 g/mol. The van der Waals surface area contributed by atoms with Gasteiger partial charge in [-0.15, -0.1) is 0 Å². The van der Waals surface area contributed by atoms with Crippen molar-refractivity contribution in [3.8, 4) is 0 Å². The van der Waals surface area contributed by atoms with Gasteiger partial charge in [-0.25, -0.2) is 4.98 Å². The van der Waals surface area contributed by atoms with Gasteiger partial charge < -0.3 is 16.4 Å². The number of fused-ring (bicyclic) bond motifs is 3. The van der Waals surface area contributed by atoms with Gasteiger partial charge in [0, 0.05) is 42.5 Å². The molecule has 1 aromatic heterocycles. The summed E-state index contributed by atoms with van der Waals surface area (Å²) in [5.41, 5.74) is 11.2. The van der Waals surface area contributed by atoms with Crippen molar-refractivity contribution in [3.05, 3.63) is 40.7 Å². The minimum atomic E-state index is -4.88. The molecule has 1 aliphatic carbocycles. The highest BCUT2D eigenvalue weighted by atomic mass is 19.4. The Morgan fingerprint density at radius 2 is 1.77 bits per heavy atom. The summed E-state index contributed by atoms with van der Waals surface area (Å²) in [6.07, 6.45) is -1.63. The standard InChI is InChI=1S/C21H23F3N6O/c1-30(2)20(31)17(27)16-13(26)7-8-14-15(16)10-5-3-4-6-11(10)18(29-14)12(9-25)19(28)21(22,23)24/h7-9,27-28H,3-6,25-26H2,1-2H3/b12-9-,27-17?,28-19?. The van der Waals surface area contributed by atoms with E-state index in [4.69, 9.17) is 22.3 Å². The van der Waals surface area contributed by atoms with E-state index in [1.807, 2.05) is 0 Å². The number of nitrogen functional groups attached to an aromatic ring is 1. The Bertz CT molecular complexity index is 1130. The molecule has 1 aromatic carbocycles. The Labute approximate surface area is 176 Å². The molecular formula is C21H23F3N6O. The molecule has 6 N–H and O–H groups in total. The largest absolute Gasteiger partial charge is 0.433 e. The number of nitrogens with two attached hydrogens (primary N) is 2. The van der Waals surface area contributed by atoms with Gasteiger partial charge in [0.2, 0.25) is 0 Å². The number of nitrogens with one attached hydrogen (secondary N) is 2. The number of nitrogens with zero attached hydrogens (tertiary/aromatic N) is 2. The molecule has 0 aliphatic heterocycles. The molecule has 1 heterocycles. The number of carbonyl (C=O) groups excluding carboxylic acids is 1. The summed E-state index contributed by atoms with van der Waals surface area (Å²) < 4.78 is 39.8. The van der Waals surface area contributed by atoms with Crippen LogP contribution in [0.3, 0.4) is 0 Å². The van der Waals surface area contributed by atoms with Crippen LogP contribution in [0, 0.1) is 10.8 Å². The van der Waals surface area contributed by atoms with Crippen LogP contribution in [0.2, 0.25) is 0 Å². The van der Waals surface area contributed by atoms with Crippen molar-refractivity contribution in [3.63, 3.8) is 0 Å². The molecule has 0 atom stereocenters. The summed E-state index contributed by atoms with van der Waals surface area (Å²) in [7, 11) is 3.04. The summed E-state index contributed by atoms with van der Waals surface area (Å²) in [5.74, 6) is -0.547. The van der Waals surface area contributed by atoms with Gasteiger partial charge in [-0.1, -0.05) is 0 Å². The maximum atomic E-state index is 13.3. The smallest absolute Gasteiger partial charge is 0.404 e. The molecule has 7 nitrogen and oxygen atoms in total. The van der Waals surface area contributed by atoms with Crippen molar-refractivity contribution >= 4 is 39.5 Å². The molecule has 0 saturated heterocycles. The highest BCUT2D eigenvalue weighted by Crippen LogP contribution is 2.38. The van der Waals surface area contributed by atoms with Crippen molar-refractivity contribution in [1.82, 2.24) is 9.88 Å². The van der Waals surface area contributed by atoms with Gasteiger partial charge in [-0.05, 0) is 48.9 Å². The first-order chi connectivity index (χ1) is 14.5. The third kappa shape index (κ3) is 3.85. The molecule has 0 radical (unpaired) electrons.